The van der Waals surface area contributed by atoms with E-state index in [1.165, 1.54) is 11.9 Å². The van der Waals surface area contributed by atoms with Gasteiger partial charge in [0, 0.05) is 29.2 Å². The van der Waals surface area contributed by atoms with Crippen LogP contribution in [0.25, 0.3) is 27.8 Å². The summed E-state index contributed by atoms with van der Waals surface area (Å²) in [6, 6.07) is 18.4. The number of fused-ring (bicyclic) bond motifs is 2. The largest absolute Gasteiger partial charge is 0.382 e. The number of carbonyl (C=O) groups is 1. The third kappa shape index (κ3) is 3.87. The highest BCUT2D eigenvalue weighted by atomic mass is 16.1. The summed E-state index contributed by atoms with van der Waals surface area (Å²) in [4.78, 5) is 25.8. The standard InChI is InChI=1S/C28H28N6O/c1-17-6-5-9-21-15-22(32-24(17)21)25-26-27(29)30-16-31-34(26)28(33-25)20-12-10-19(11-13-20)23(35)14-18-7-3-2-4-8-18/h2-9,15-16,19-20,32H,10-14H2,1H3,(H2,29,30,31). The molecule has 7 nitrogen and oxygen atoms in total. The minimum absolute atomic E-state index is 0.105. The van der Waals surface area contributed by atoms with E-state index in [9.17, 15) is 4.79 Å². The highest BCUT2D eigenvalue weighted by Gasteiger charge is 2.31. The van der Waals surface area contributed by atoms with Crippen molar-refractivity contribution in [1.82, 2.24) is 24.6 Å². The number of aromatic amines is 1. The molecule has 3 aromatic heterocycles. The molecule has 1 aliphatic carbocycles. The summed E-state index contributed by atoms with van der Waals surface area (Å²) in [5.41, 5.74) is 12.1. The Morgan fingerprint density at radius 2 is 1.89 bits per heavy atom. The Bertz CT molecular complexity index is 1530. The Morgan fingerprint density at radius 1 is 1.09 bits per heavy atom. The molecule has 3 N–H and O–H groups in total. The number of nitrogen functional groups attached to an aromatic ring is 1. The van der Waals surface area contributed by atoms with Crippen LogP contribution in [0.5, 0.6) is 0 Å². The van der Waals surface area contributed by atoms with Gasteiger partial charge in [0.2, 0.25) is 0 Å². The van der Waals surface area contributed by atoms with Gasteiger partial charge in [-0.1, -0.05) is 48.5 Å². The van der Waals surface area contributed by atoms with Gasteiger partial charge < -0.3 is 10.7 Å². The predicted molar refractivity (Wildman–Crippen MR) is 137 cm³/mol. The van der Waals surface area contributed by atoms with Gasteiger partial charge in [-0.3, -0.25) is 4.79 Å². The average molecular weight is 465 g/mol. The number of anilines is 1. The summed E-state index contributed by atoms with van der Waals surface area (Å²) >= 11 is 0. The van der Waals surface area contributed by atoms with Crippen molar-refractivity contribution in [3.8, 4) is 11.4 Å². The highest BCUT2D eigenvalue weighted by Crippen LogP contribution is 2.39. The molecule has 0 saturated heterocycles. The molecular formula is C28H28N6O. The minimum atomic E-state index is 0.105. The number of hydrogen-bond acceptors (Lipinski definition) is 5. The van der Waals surface area contributed by atoms with Crippen LogP contribution in [0.1, 0.15) is 48.6 Å². The number of rotatable bonds is 5. The molecule has 35 heavy (non-hydrogen) atoms. The molecule has 0 amide bonds. The molecule has 7 heteroatoms. The summed E-state index contributed by atoms with van der Waals surface area (Å²) in [6.45, 7) is 2.09. The fraction of sp³-hybridized carbons (Fsp3) is 0.286. The fourth-order valence-corrected chi connectivity index (χ4v) is 5.48. The van der Waals surface area contributed by atoms with Crippen LogP contribution in [0, 0.1) is 12.8 Å². The van der Waals surface area contributed by atoms with E-state index in [0.29, 0.717) is 18.0 Å². The fourth-order valence-electron chi connectivity index (χ4n) is 5.48. The van der Waals surface area contributed by atoms with Crippen molar-refractivity contribution in [2.24, 2.45) is 5.92 Å². The molecule has 0 aliphatic heterocycles. The Hall–Kier alpha value is -4.00. The quantitative estimate of drug-likeness (QED) is 0.370. The van der Waals surface area contributed by atoms with E-state index < -0.39 is 0 Å². The zero-order chi connectivity index (χ0) is 23.9. The van der Waals surface area contributed by atoms with Crippen molar-refractivity contribution in [2.75, 3.05) is 5.73 Å². The maximum absolute atomic E-state index is 12.9. The van der Waals surface area contributed by atoms with E-state index in [4.69, 9.17) is 10.7 Å². The van der Waals surface area contributed by atoms with Gasteiger partial charge in [-0.2, -0.15) is 5.10 Å². The molecule has 2 aromatic carbocycles. The molecule has 3 heterocycles. The highest BCUT2D eigenvalue weighted by molar-refractivity contribution is 5.92. The minimum Gasteiger partial charge on any atom is -0.382 e. The van der Waals surface area contributed by atoms with Crippen LogP contribution in [0.15, 0.2) is 60.9 Å². The Kier molecular flexibility index (Phi) is 5.32. The molecule has 0 radical (unpaired) electrons. The first-order valence-electron chi connectivity index (χ1n) is 12.2. The van der Waals surface area contributed by atoms with Crippen LogP contribution in [-0.4, -0.2) is 30.3 Å². The van der Waals surface area contributed by atoms with Crippen LogP contribution in [0.3, 0.4) is 0 Å². The summed E-state index contributed by atoms with van der Waals surface area (Å²) in [5.74, 6) is 1.97. The summed E-state index contributed by atoms with van der Waals surface area (Å²) in [6.07, 6.45) is 5.54. The SMILES string of the molecule is Cc1cccc2cc(-c3nc(C4CCC(C(=O)Cc5ccccc5)CC4)n4ncnc(N)c34)[nH]c12. The van der Waals surface area contributed by atoms with Crippen molar-refractivity contribution in [1.29, 1.82) is 0 Å². The third-order valence-electron chi connectivity index (χ3n) is 7.37. The van der Waals surface area contributed by atoms with Gasteiger partial charge in [0.05, 0.1) is 5.69 Å². The maximum atomic E-state index is 12.9. The van der Waals surface area contributed by atoms with Gasteiger partial charge in [0.1, 0.15) is 29.1 Å². The Balaban J connectivity index is 1.29. The van der Waals surface area contributed by atoms with Crippen molar-refractivity contribution in [2.45, 2.75) is 44.9 Å². The topological polar surface area (TPSA) is 102 Å². The lowest BCUT2D eigenvalue weighted by molar-refractivity contribution is -0.123. The van der Waals surface area contributed by atoms with Gasteiger partial charge in [-0.15, -0.1) is 0 Å². The second-order valence-corrected chi connectivity index (χ2v) is 9.62. The molecule has 0 unspecified atom stereocenters. The van der Waals surface area contributed by atoms with Crippen molar-refractivity contribution in [3.63, 3.8) is 0 Å². The number of carbonyl (C=O) groups excluding carboxylic acids is 1. The number of nitrogens with zero attached hydrogens (tertiary/aromatic N) is 4. The van der Waals surface area contributed by atoms with E-state index in [0.717, 1.165) is 64.9 Å². The number of ketones is 1. The molecule has 176 valence electrons. The number of nitrogens with two attached hydrogens (primary N) is 1. The van der Waals surface area contributed by atoms with Crippen molar-refractivity contribution >= 4 is 28.0 Å². The zero-order valence-corrected chi connectivity index (χ0v) is 19.7. The van der Waals surface area contributed by atoms with E-state index in [1.54, 1.807) is 0 Å². The summed E-state index contributed by atoms with van der Waals surface area (Å²) in [5, 5.41) is 5.66. The molecule has 0 spiro atoms. The summed E-state index contributed by atoms with van der Waals surface area (Å²) < 4.78 is 1.85. The number of aryl methyl sites for hydroxylation is 1. The first-order valence-corrected chi connectivity index (χ1v) is 12.2. The average Bonchev–Trinajstić information content (AvgIpc) is 3.48. The molecule has 6 rings (SSSR count). The zero-order valence-electron chi connectivity index (χ0n) is 19.7. The number of H-pyrrole nitrogens is 1. The van der Waals surface area contributed by atoms with Gasteiger partial charge in [-0.25, -0.2) is 14.5 Å². The number of nitrogens with one attached hydrogen (secondary N) is 1. The molecule has 0 bridgehead atoms. The molecule has 5 aromatic rings. The van der Waals surface area contributed by atoms with E-state index in [1.807, 2.05) is 34.8 Å². The first-order chi connectivity index (χ1) is 17.1. The first kappa shape index (κ1) is 21.5. The molecule has 0 atom stereocenters. The molecule has 1 fully saturated rings. The number of Topliss-reactive ketones (excluding diaryl/α,β-unsaturated/α-hetero) is 1. The lowest BCUT2D eigenvalue weighted by atomic mass is 9.78. The number of hydrogen-bond donors (Lipinski definition) is 2. The van der Waals surface area contributed by atoms with Gasteiger partial charge in [-0.05, 0) is 49.8 Å². The van der Waals surface area contributed by atoms with Crippen LogP contribution in [-0.2, 0) is 11.2 Å². The second-order valence-electron chi connectivity index (χ2n) is 9.62. The third-order valence-corrected chi connectivity index (χ3v) is 7.37. The smallest absolute Gasteiger partial charge is 0.153 e. The Morgan fingerprint density at radius 3 is 2.66 bits per heavy atom. The van der Waals surface area contributed by atoms with E-state index in [-0.39, 0.29) is 11.8 Å². The number of benzene rings is 2. The Labute approximate surface area is 203 Å². The lowest BCUT2D eigenvalue weighted by Crippen LogP contribution is -2.23. The summed E-state index contributed by atoms with van der Waals surface area (Å²) in [7, 11) is 0. The van der Waals surface area contributed by atoms with Gasteiger partial charge in [0.25, 0.3) is 0 Å². The van der Waals surface area contributed by atoms with Crippen LogP contribution in [0.2, 0.25) is 0 Å². The number of aromatic nitrogens is 5. The number of imidazole rings is 1. The molecule has 1 saturated carbocycles. The predicted octanol–water partition coefficient (Wildman–Crippen LogP) is 5.25. The second kappa shape index (κ2) is 8.65. The molecular weight excluding hydrogens is 436 g/mol. The van der Waals surface area contributed by atoms with Gasteiger partial charge >= 0.3 is 0 Å². The van der Waals surface area contributed by atoms with Crippen molar-refractivity contribution < 1.29 is 4.79 Å². The van der Waals surface area contributed by atoms with Gasteiger partial charge in [0.15, 0.2) is 5.82 Å². The van der Waals surface area contributed by atoms with E-state index >= 15 is 0 Å². The van der Waals surface area contributed by atoms with Crippen molar-refractivity contribution in [3.05, 3.63) is 77.9 Å². The van der Waals surface area contributed by atoms with Crippen LogP contribution in [0.4, 0.5) is 5.82 Å². The van der Waals surface area contributed by atoms with Crippen LogP contribution < -0.4 is 5.73 Å². The van der Waals surface area contributed by atoms with Crippen LogP contribution >= 0.6 is 0 Å². The molecule has 1 aliphatic rings. The lowest BCUT2D eigenvalue weighted by Gasteiger charge is -2.26. The monoisotopic (exact) mass is 464 g/mol. The maximum Gasteiger partial charge on any atom is 0.153 e. The number of para-hydroxylation sites is 1. The van der Waals surface area contributed by atoms with E-state index in [2.05, 4.69) is 46.3 Å². The normalized spacial score (nSPS) is 18.3.